The number of nitrogens with zero attached hydrogens (tertiary/aromatic N) is 4. The molecule has 8 heteroatoms. The highest BCUT2D eigenvalue weighted by molar-refractivity contribution is 6.31. The highest BCUT2D eigenvalue weighted by Crippen LogP contribution is 2.30. The molecule has 0 radical (unpaired) electrons. The molecule has 1 heterocycles. The van der Waals surface area contributed by atoms with Crippen LogP contribution in [0.15, 0.2) is 66.9 Å². The van der Waals surface area contributed by atoms with Crippen molar-refractivity contribution in [2.75, 3.05) is 0 Å². The molecule has 174 valence electrons. The van der Waals surface area contributed by atoms with E-state index in [0.29, 0.717) is 12.2 Å². The van der Waals surface area contributed by atoms with Crippen molar-refractivity contribution in [2.45, 2.75) is 33.5 Å². The number of aromatic carboxylic acids is 1. The topological polar surface area (TPSA) is 91.5 Å². The first-order chi connectivity index (χ1) is 16.3. The maximum Gasteiger partial charge on any atom is 0.339 e. The fraction of sp³-hybridized carbons (Fsp3) is 0.192. The molecule has 4 aromatic rings. The van der Waals surface area contributed by atoms with E-state index < -0.39 is 11.7 Å². The molecule has 3 aromatic carbocycles. The van der Waals surface area contributed by atoms with E-state index in [-0.39, 0.29) is 16.3 Å². The first-order valence-corrected chi connectivity index (χ1v) is 11.2. The number of hydrogen-bond donors (Lipinski definition) is 2. The van der Waals surface area contributed by atoms with Gasteiger partial charge >= 0.3 is 5.97 Å². The average molecular weight is 477 g/mol. The van der Waals surface area contributed by atoms with Crippen LogP contribution in [0, 0.1) is 13.8 Å². The summed E-state index contributed by atoms with van der Waals surface area (Å²) in [5, 5.41) is 28.4. The van der Waals surface area contributed by atoms with Gasteiger partial charge in [-0.2, -0.15) is 0 Å². The van der Waals surface area contributed by atoms with Crippen molar-refractivity contribution >= 4 is 17.6 Å². The van der Waals surface area contributed by atoms with Gasteiger partial charge in [0.2, 0.25) is 0 Å². The number of carboxylic acid groups (broad SMARTS) is 1. The number of carbonyl (C=O) groups is 1. The summed E-state index contributed by atoms with van der Waals surface area (Å²) in [5.41, 5.74) is 5.42. The third-order valence-electron chi connectivity index (χ3n) is 5.77. The van der Waals surface area contributed by atoms with Crippen molar-refractivity contribution < 1.29 is 15.0 Å². The first kappa shape index (κ1) is 23.5. The van der Waals surface area contributed by atoms with Gasteiger partial charge < -0.3 is 10.2 Å². The number of phenols is 1. The van der Waals surface area contributed by atoms with E-state index in [0.717, 1.165) is 13.1 Å². The first-order valence-electron chi connectivity index (χ1n) is 10.8. The largest absolute Gasteiger partial charge is 0.505 e. The summed E-state index contributed by atoms with van der Waals surface area (Å²) < 4.78 is 1.35. The van der Waals surface area contributed by atoms with Crippen LogP contribution in [0.25, 0.3) is 5.69 Å². The van der Waals surface area contributed by atoms with Gasteiger partial charge in [-0.1, -0.05) is 65.3 Å². The molecule has 1 aromatic heterocycles. The third kappa shape index (κ3) is 5.27. The maximum absolute atomic E-state index is 11.4. The minimum Gasteiger partial charge on any atom is -0.505 e. The Kier molecular flexibility index (Phi) is 6.95. The van der Waals surface area contributed by atoms with Crippen LogP contribution in [0.1, 0.15) is 38.3 Å². The maximum atomic E-state index is 11.4. The molecule has 0 saturated heterocycles. The number of carboxylic acids is 1. The van der Waals surface area contributed by atoms with Crippen LogP contribution in [0.3, 0.4) is 0 Å². The van der Waals surface area contributed by atoms with Gasteiger partial charge in [-0.3, -0.25) is 4.90 Å². The van der Waals surface area contributed by atoms with Crippen LogP contribution >= 0.6 is 11.6 Å². The van der Waals surface area contributed by atoms with Crippen molar-refractivity contribution in [1.82, 2.24) is 19.9 Å². The zero-order valence-corrected chi connectivity index (χ0v) is 19.7. The highest BCUT2D eigenvalue weighted by Gasteiger charge is 2.19. The lowest BCUT2D eigenvalue weighted by Crippen LogP contribution is -2.23. The number of hydrogen-bond acceptors (Lipinski definition) is 5. The number of aromatic hydroxyl groups is 1. The lowest BCUT2D eigenvalue weighted by atomic mass is 10.1. The van der Waals surface area contributed by atoms with E-state index in [1.807, 2.05) is 24.3 Å². The predicted molar refractivity (Wildman–Crippen MR) is 130 cm³/mol. The SMILES string of the molecule is Cc1ccccc1CN(Cc1cn(-c2cc(Cl)cc(C(=O)O)c2O)nn1)Cc1ccccc1C. The zero-order chi connectivity index (χ0) is 24.2. The van der Waals surface area contributed by atoms with Crippen LogP contribution in [0.4, 0.5) is 0 Å². The molecule has 0 aliphatic heterocycles. The quantitative estimate of drug-likeness (QED) is 0.365. The molecule has 2 N–H and O–H groups in total. The Morgan fingerprint density at radius 1 is 0.971 bits per heavy atom. The lowest BCUT2D eigenvalue weighted by Gasteiger charge is -2.23. The molecule has 0 amide bonds. The molecule has 34 heavy (non-hydrogen) atoms. The molecule has 0 atom stereocenters. The number of halogens is 1. The average Bonchev–Trinajstić information content (AvgIpc) is 3.26. The summed E-state index contributed by atoms with van der Waals surface area (Å²) in [5.74, 6) is -1.69. The summed E-state index contributed by atoms with van der Waals surface area (Å²) in [6.07, 6.45) is 1.68. The number of benzene rings is 3. The Hall–Kier alpha value is -3.68. The van der Waals surface area contributed by atoms with E-state index in [4.69, 9.17) is 11.6 Å². The number of aromatic nitrogens is 3. The van der Waals surface area contributed by atoms with Gasteiger partial charge in [-0.05, 0) is 48.2 Å². The zero-order valence-electron chi connectivity index (χ0n) is 18.9. The van der Waals surface area contributed by atoms with Gasteiger partial charge in [0.05, 0.1) is 11.9 Å². The van der Waals surface area contributed by atoms with Crippen LogP contribution in [0.2, 0.25) is 5.02 Å². The van der Waals surface area contributed by atoms with E-state index in [2.05, 4.69) is 53.3 Å². The second-order valence-electron chi connectivity index (χ2n) is 8.28. The van der Waals surface area contributed by atoms with Crippen molar-refractivity contribution in [3.05, 3.63) is 105 Å². The minimum atomic E-state index is -1.27. The minimum absolute atomic E-state index is 0.160. The van der Waals surface area contributed by atoms with E-state index in [1.54, 1.807) is 6.20 Å². The monoisotopic (exact) mass is 476 g/mol. The van der Waals surface area contributed by atoms with Crippen LogP contribution < -0.4 is 0 Å². The van der Waals surface area contributed by atoms with Gasteiger partial charge in [-0.15, -0.1) is 5.10 Å². The van der Waals surface area contributed by atoms with Gasteiger partial charge in [0.1, 0.15) is 11.3 Å². The lowest BCUT2D eigenvalue weighted by molar-refractivity contribution is 0.0693. The van der Waals surface area contributed by atoms with Crippen molar-refractivity contribution in [2.24, 2.45) is 0 Å². The van der Waals surface area contributed by atoms with E-state index in [1.165, 1.54) is 39.1 Å². The molecule has 0 bridgehead atoms. The van der Waals surface area contributed by atoms with Gasteiger partial charge in [0.15, 0.2) is 5.75 Å². The van der Waals surface area contributed by atoms with Gasteiger partial charge in [0, 0.05) is 24.7 Å². The summed E-state index contributed by atoms with van der Waals surface area (Å²) in [4.78, 5) is 13.7. The number of aryl methyl sites for hydroxylation is 2. The van der Waals surface area contributed by atoms with Crippen molar-refractivity contribution in [3.63, 3.8) is 0 Å². The predicted octanol–water partition coefficient (Wildman–Crippen LogP) is 5.14. The van der Waals surface area contributed by atoms with Crippen LogP contribution in [-0.4, -0.2) is 36.1 Å². The standard InChI is InChI=1S/C26H25ClN4O3/c1-17-7-3-5-9-19(17)13-30(14-20-10-6-4-8-18(20)2)15-22-16-31(29-28-22)24-12-21(27)11-23(25(24)32)26(33)34/h3-12,16,32H,13-15H2,1-2H3,(H,33,34). The summed E-state index contributed by atoms with van der Waals surface area (Å²) in [6.45, 7) is 6.15. The molecule has 0 aliphatic carbocycles. The second kappa shape index (κ2) is 10.1. The van der Waals surface area contributed by atoms with Gasteiger partial charge in [0.25, 0.3) is 0 Å². The molecule has 7 nitrogen and oxygen atoms in total. The Bertz CT molecular complexity index is 1290. The fourth-order valence-electron chi connectivity index (χ4n) is 3.86. The molecule has 0 fully saturated rings. The van der Waals surface area contributed by atoms with Crippen molar-refractivity contribution in [3.8, 4) is 11.4 Å². The Balaban J connectivity index is 1.63. The molecule has 0 spiro atoms. The highest BCUT2D eigenvalue weighted by atomic mass is 35.5. The van der Waals surface area contributed by atoms with Crippen LogP contribution in [-0.2, 0) is 19.6 Å². The molecular formula is C26H25ClN4O3. The smallest absolute Gasteiger partial charge is 0.339 e. The normalized spacial score (nSPS) is 11.2. The summed E-state index contributed by atoms with van der Waals surface area (Å²) in [6, 6.07) is 19.2. The van der Waals surface area contributed by atoms with Gasteiger partial charge in [-0.25, -0.2) is 9.48 Å². The molecule has 4 rings (SSSR count). The number of rotatable bonds is 8. The van der Waals surface area contributed by atoms with Crippen LogP contribution in [0.5, 0.6) is 5.75 Å². The third-order valence-corrected chi connectivity index (χ3v) is 5.99. The fourth-order valence-corrected chi connectivity index (χ4v) is 4.08. The molecule has 0 saturated carbocycles. The van der Waals surface area contributed by atoms with E-state index in [9.17, 15) is 15.0 Å². The molecule has 0 unspecified atom stereocenters. The molecule has 0 aliphatic rings. The summed E-state index contributed by atoms with van der Waals surface area (Å²) in [7, 11) is 0. The molecular weight excluding hydrogens is 452 g/mol. The Morgan fingerprint density at radius 3 is 2.12 bits per heavy atom. The Labute approximate surface area is 202 Å². The van der Waals surface area contributed by atoms with E-state index >= 15 is 0 Å². The Morgan fingerprint density at radius 2 is 1.56 bits per heavy atom. The summed E-state index contributed by atoms with van der Waals surface area (Å²) >= 11 is 6.07. The van der Waals surface area contributed by atoms with Crippen molar-refractivity contribution in [1.29, 1.82) is 0 Å². The second-order valence-corrected chi connectivity index (χ2v) is 8.72.